The van der Waals surface area contributed by atoms with Crippen LogP contribution >= 0.6 is 0 Å². The van der Waals surface area contributed by atoms with E-state index in [0.29, 0.717) is 17.7 Å². The summed E-state index contributed by atoms with van der Waals surface area (Å²) in [5.74, 6) is 0.198. The molecule has 0 spiro atoms. The van der Waals surface area contributed by atoms with Crippen LogP contribution in [-0.4, -0.2) is 21.0 Å². The smallest absolute Gasteiger partial charge is 0.241 e. The Morgan fingerprint density at radius 1 is 1.45 bits per heavy atom. The Hall–Kier alpha value is -1.42. The molecule has 0 amide bonds. The highest BCUT2D eigenvalue weighted by molar-refractivity contribution is 7.89. The van der Waals surface area contributed by atoms with Gasteiger partial charge >= 0.3 is 0 Å². The molecule has 5 nitrogen and oxygen atoms in total. The lowest BCUT2D eigenvalue weighted by atomic mass is 10.1. The molecule has 0 aliphatic heterocycles. The normalized spacial score (nSPS) is 22.6. The van der Waals surface area contributed by atoms with Crippen LogP contribution in [0.2, 0.25) is 0 Å². The van der Waals surface area contributed by atoms with Crippen LogP contribution in [0.4, 0.5) is 0 Å². The van der Waals surface area contributed by atoms with Crippen LogP contribution in [-0.2, 0) is 10.0 Å². The van der Waals surface area contributed by atoms with E-state index in [1.165, 1.54) is 6.07 Å². The van der Waals surface area contributed by atoms with E-state index in [1.807, 2.05) is 6.07 Å². The molecule has 0 saturated heterocycles. The van der Waals surface area contributed by atoms with Gasteiger partial charge in [0.1, 0.15) is 0 Å². The number of nitrogens with one attached hydrogen (secondary N) is 1. The molecule has 0 radical (unpaired) electrons. The zero-order valence-electron chi connectivity index (χ0n) is 11.5. The molecule has 2 atom stereocenters. The number of benzene rings is 1. The van der Waals surface area contributed by atoms with Crippen LogP contribution in [0, 0.1) is 24.2 Å². The maximum Gasteiger partial charge on any atom is 0.241 e. The van der Waals surface area contributed by atoms with E-state index in [0.717, 1.165) is 19.3 Å². The summed E-state index contributed by atoms with van der Waals surface area (Å²) in [7, 11) is -3.61. The Morgan fingerprint density at radius 2 is 2.20 bits per heavy atom. The maximum atomic E-state index is 12.5. The molecule has 108 valence electrons. The van der Waals surface area contributed by atoms with Crippen molar-refractivity contribution in [2.24, 2.45) is 11.7 Å². The molecule has 1 aliphatic carbocycles. The zero-order chi connectivity index (χ0) is 14.8. The Labute approximate surface area is 119 Å². The van der Waals surface area contributed by atoms with Crippen LogP contribution in [0.1, 0.15) is 30.4 Å². The van der Waals surface area contributed by atoms with Crippen LogP contribution < -0.4 is 10.5 Å². The lowest BCUT2D eigenvalue weighted by molar-refractivity contribution is 0.452. The zero-order valence-corrected chi connectivity index (χ0v) is 12.3. The summed E-state index contributed by atoms with van der Waals surface area (Å²) in [4.78, 5) is 0.180. The van der Waals surface area contributed by atoms with Crippen molar-refractivity contribution >= 4 is 10.0 Å². The van der Waals surface area contributed by atoms with Gasteiger partial charge in [-0.25, -0.2) is 13.1 Å². The van der Waals surface area contributed by atoms with Crippen molar-refractivity contribution in [3.63, 3.8) is 0 Å². The molecule has 1 fully saturated rings. The minimum absolute atomic E-state index is 0.102. The number of rotatable bonds is 4. The fourth-order valence-corrected chi connectivity index (χ4v) is 4.31. The van der Waals surface area contributed by atoms with Crippen molar-refractivity contribution in [1.29, 1.82) is 5.26 Å². The van der Waals surface area contributed by atoms with Gasteiger partial charge in [0.25, 0.3) is 0 Å². The summed E-state index contributed by atoms with van der Waals surface area (Å²) < 4.78 is 27.7. The number of nitrogens with two attached hydrogens (primary N) is 1. The van der Waals surface area contributed by atoms with Gasteiger partial charge in [0.15, 0.2) is 0 Å². The SMILES string of the molecule is Cc1ccc(C#N)cc1S(=O)(=O)N[C@@H]1CCC[C@H]1CN. The first-order valence-corrected chi connectivity index (χ1v) is 8.19. The van der Waals surface area contributed by atoms with Crippen molar-refractivity contribution in [3.8, 4) is 6.07 Å². The molecule has 6 heteroatoms. The number of nitrogens with zero attached hydrogens (tertiary/aromatic N) is 1. The number of hydrogen-bond donors (Lipinski definition) is 2. The Balaban J connectivity index is 2.29. The molecular formula is C14H19N3O2S. The topological polar surface area (TPSA) is 96.0 Å². The van der Waals surface area contributed by atoms with Crippen molar-refractivity contribution in [2.45, 2.75) is 37.1 Å². The van der Waals surface area contributed by atoms with E-state index in [2.05, 4.69) is 4.72 Å². The summed E-state index contributed by atoms with van der Waals surface area (Å²) in [6, 6.07) is 6.56. The summed E-state index contributed by atoms with van der Waals surface area (Å²) in [6.07, 6.45) is 2.77. The number of aryl methyl sites for hydroxylation is 1. The maximum absolute atomic E-state index is 12.5. The van der Waals surface area contributed by atoms with Gasteiger partial charge in [-0.1, -0.05) is 12.5 Å². The van der Waals surface area contributed by atoms with E-state index in [-0.39, 0.29) is 16.9 Å². The predicted molar refractivity (Wildman–Crippen MR) is 76.4 cm³/mol. The second-order valence-corrected chi connectivity index (χ2v) is 6.93. The Bertz CT molecular complexity index is 634. The van der Waals surface area contributed by atoms with E-state index in [9.17, 15) is 8.42 Å². The van der Waals surface area contributed by atoms with Crippen LogP contribution in [0.25, 0.3) is 0 Å². The standard InChI is InChI=1S/C14H19N3O2S/c1-10-5-6-11(8-15)7-14(10)20(18,19)17-13-4-2-3-12(13)9-16/h5-7,12-13,17H,2-4,9,16H2,1H3/t12-,13+/m0/s1. The third-order valence-electron chi connectivity index (χ3n) is 3.88. The highest BCUT2D eigenvalue weighted by Gasteiger charge is 2.30. The number of nitriles is 1. The predicted octanol–water partition coefficient (Wildman–Crippen LogP) is 1.27. The first kappa shape index (κ1) is 15.0. The monoisotopic (exact) mass is 293 g/mol. The third-order valence-corrected chi connectivity index (χ3v) is 5.51. The van der Waals surface area contributed by atoms with Gasteiger partial charge in [-0.3, -0.25) is 0 Å². The second-order valence-electron chi connectivity index (χ2n) is 5.25. The molecule has 2 rings (SSSR count). The minimum Gasteiger partial charge on any atom is -0.330 e. The summed E-state index contributed by atoms with van der Waals surface area (Å²) in [5.41, 5.74) is 6.66. The van der Waals surface area contributed by atoms with Crippen molar-refractivity contribution < 1.29 is 8.42 Å². The molecule has 0 aromatic heterocycles. The molecule has 1 saturated carbocycles. The van der Waals surface area contributed by atoms with E-state index >= 15 is 0 Å². The van der Waals surface area contributed by atoms with Crippen molar-refractivity contribution in [1.82, 2.24) is 4.72 Å². The molecule has 0 bridgehead atoms. The molecule has 1 aromatic carbocycles. The highest BCUT2D eigenvalue weighted by Crippen LogP contribution is 2.27. The molecule has 20 heavy (non-hydrogen) atoms. The molecule has 1 aromatic rings. The number of sulfonamides is 1. The summed E-state index contributed by atoms with van der Waals surface area (Å²) >= 11 is 0. The molecule has 3 N–H and O–H groups in total. The first-order chi connectivity index (χ1) is 9.47. The minimum atomic E-state index is -3.61. The van der Waals surface area contributed by atoms with Crippen LogP contribution in [0.15, 0.2) is 23.1 Å². The van der Waals surface area contributed by atoms with Gasteiger partial charge in [-0.05, 0) is 49.9 Å². The lowest BCUT2D eigenvalue weighted by Crippen LogP contribution is -2.40. The van der Waals surface area contributed by atoms with Gasteiger partial charge in [-0.2, -0.15) is 5.26 Å². The quantitative estimate of drug-likeness (QED) is 0.873. The van der Waals surface area contributed by atoms with Crippen molar-refractivity contribution in [3.05, 3.63) is 29.3 Å². The highest BCUT2D eigenvalue weighted by atomic mass is 32.2. The summed E-state index contributed by atoms with van der Waals surface area (Å²) in [5, 5.41) is 8.90. The van der Waals surface area contributed by atoms with Gasteiger partial charge in [0, 0.05) is 6.04 Å². The van der Waals surface area contributed by atoms with Gasteiger partial charge in [-0.15, -0.1) is 0 Å². The third kappa shape index (κ3) is 3.01. The average molecular weight is 293 g/mol. The second kappa shape index (κ2) is 5.92. The van der Waals surface area contributed by atoms with Crippen molar-refractivity contribution in [2.75, 3.05) is 6.54 Å². The van der Waals surface area contributed by atoms with Gasteiger partial charge < -0.3 is 5.73 Å². The largest absolute Gasteiger partial charge is 0.330 e. The van der Waals surface area contributed by atoms with Gasteiger partial charge in [0.2, 0.25) is 10.0 Å². The van der Waals surface area contributed by atoms with E-state index < -0.39 is 10.0 Å². The van der Waals surface area contributed by atoms with Crippen LogP contribution in [0.3, 0.4) is 0 Å². The van der Waals surface area contributed by atoms with Crippen LogP contribution in [0.5, 0.6) is 0 Å². The van der Waals surface area contributed by atoms with E-state index in [4.69, 9.17) is 11.0 Å². The fourth-order valence-electron chi connectivity index (χ4n) is 2.70. The van der Waals surface area contributed by atoms with Gasteiger partial charge in [0.05, 0.1) is 16.5 Å². The molecule has 0 heterocycles. The average Bonchev–Trinajstić information content (AvgIpc) is 2.85. The number of hydrogen-bond acceptors (Lipinski definition) is 4. The summed E-state index contributed by atoms with van der Waals surface area (Å²) in [6.45, 7) is 2.22. The lowest BCUT2D eigenvalue weighted by Gasteiger charge is -2.20. The molecule has 1 aliphatic rings. The Morgan fingerprint density at radius 3 is 2.85 bits per heavy atom. The fraction of sp³-hybridized carbons (Fsp3) is 0.500. The first-order valence-electron chi connectivity index (χ1n) is 6.71. The molecule has 0 unspecified atom stereocenters. The molecular weight excluding hydrogens is 274 g/mol. The Kier molecular flexibility index (Phi) is 4.43. The van der Waals surface area contributed by atoms with E-state index in [1.54, 1.807) is 19.1 Å².